The molecule has 0 N–H and O–H groups in total. The summed E-state index contributed by atoms with van der Waals surface area (Å²) >= 11 is 0. The Labute approximate surface area is 107 Å². The lowest BCUT2D eigenvalue weighted by Gasteiger charge is -2.21. The Hall–Kier alpha value is -1.59. The molecule has 0 atom stereocenters. The molecular weight excluding hydrogens is 276 g/mol. The van der Waals surface area contributed by atoms with Crippen LogP contribution in [0.25, 0.3) is 0 Å². The predicted molar refractivity (Wildman–Crippen MR) is 68.1 cm³/mol. The van der Waals surface area contributed by atoms with Crippen LogP contribution in [0, 0.1) is 18.3 Å². The molecule has 0 aromatic heterocycles. The van der Waals surface area contributed by atoms with Crippen LogP contribution in [0.4, 0.5) is 5.69 Å². The van der Waals surface area contributed by atoms with Gasteiger partial charge in [-0.05, 0) is 24.6 Å². The molecule has 0 amide bonds. The number of hydrogen-bond donors (Lipinski definition) is 0. The zero-order valence-corrected chi connectivity index (χ0v) is 11.7. The zero-order chi connectivity index (χ0) is 14.1. The van der Waals surface area contributed by atoms with Crippen molar-refractivity contribution in [1.29, 1.82) is 5.26 Å². The fourth-order valence-corrected chi connectivity index (χ4v) is 4.47. The van der Waals surface area contributed by atoms with Gasteiger partial charge in [-0.3, -0.25) is 0 Å². The summed E-state index contributed by atoms with van der Waals surface area (Å²) in [6.45, 7) is 1.67. The molecule has 1 rings (SSSR count). The van der Waals surface area contributed by atoms with E-state index < -0.39 is 20.0 Å². The van der Waals surface area contributed by atoms with Crippen molar-refractivity contribution in [3.8, 4) is 6.07 Å². The van der Waals surface area contributed by atoms with Crippen LogP contribution in [0.3, 0.4) is 0 Å². The summed E-state index contributed by atoms with van der Waals surface area (Å²) in [5.74, 6) is 0. The molecule has 0 fully saturated rings. The van der Waals surface area contributed by atoms with Crippen molar-refractivity contribution in [1.82, 2.24) is 0 Å². The maximum atomic E-state index is 11.6. The average Bonchev–Trinajstić information content (AvgIpc) is 2.13. The molecule has 0 aliphatic heterocycles. The molecule has 1 aromatic rings. The Bertz CT molecular complexity index is 683. The first-order valence-electron chi connectivity index (χ1n) is 4.78. The van der Waals surface area contributed by atoms with Gasteiger partial charge in [0.25, 0.3) is 0 Å². The molecular formula is C10H12N2O4S2. The van der Waals surface area contributed by atoms with Gasteiger partial charge in [0.05, 0.1) is 23.8 Å². The molecule has 18 heavy (non-hydrogen) atoms. The van der Waals surface area contributed by atoms with Crippen molar-refractivity contribution in [3.05, 3.63) is 29.3 Å². The molecule has 0 saturated carbocycles. The van der Waals surface area contributed by atoms with Crippen LogP contribution < -0.4 is 3.71 Å². The maximum Gasteiger partial charge on any atom is 0.245 e. The highest BCUT2D eigenvalue weighted by Crippen LogP contribution is 2.26. The molecule has 0 heterocycles. The van der Waals surface area contributed by atoms with Gasteiger partial charge in [-0.15, -0.1) is 0 Å². The Morgan fingerprint density at radius 3 is 2.00 bits per heavy atom. The number of nitriles is 1. The maximum absolute atomic E-state index is 11.6. The van der Waals surface area contributed by atoms with Crippen LogP contribution in [-0.4, -0.2) is 29.3 Å². The first-order chi connectivity index (χ1) is 8.07. The van der Waals surface area contributed by atoms with Crippen molar-refractivity contribution in [2.24, 2.45) is 0 Å². The highest BCUT2D eigenvalue weighted by molar-refractivity contribution is 8.09. The highest BCUT2D eigenvalue weighted by atomic mass is 32.3. The van der Waals surface area contributed by atoms with Gasteiger partial charge in [-0.25, -0.2) is 16.8 Å². The lowest BCUT2D eigenvalue weighted by molar-refractivity contribution is 0.590. The number of benzene rings is 1. The van der Waals surface area contributed by atoms with E-state index in [1.165, 1.54) is 12.1 Å². The van der Waals surface area contributed by atoms with E-state index in [2.05, 4.69) is 0 Å². The molecule has 0 radical (unpaired) electrons. The van der Waals surface area contributed by atoms with Crippen LogP contribution in [-0.2, 0) is 20.0 Å². The number of nitrogens with zero attached hydrogens (tertiary/aromatic N) is 2. The topological polar surface area (TPSA) is 95.3 Å². The molecule has 0 saturated heterocycles. The number of sulfonamides is 2. The minimum Gasteiger partial charge on any atom is -0.206 e. The third-order valence-electron chi connectivity index (χ3n) is 2.07. The summed E-state index contributed by atoms with van der Waals surface area (Å²) in [5, 5.41) is 8.92. The van der Waals surface area contributed by atoms with Gasteiger partial charge < -0.3 is 0 Å². The molecule has 1 aromatic carbocycles. The fourth-order valence-electron chi connectivity index (χ4n) is 1.49. The van der Waals surface area contributed by atoms with Crippen LogP contribution in [0.15, 0.2) is 18.2 Å². The van der Waals surface area contributed by atoms with Crippen LogP contribution in [0.1, 0.15) is 11.1 Å². The van der Waals surface area contributed by atoms with Gasteiger partial charge in [-0.2, -0.15) is 8.97 Å². The van der Waals surface area contributed by atoms with E-state index in [9.17, 15) is 16.8 Å². The summed E-state index contributed by atoms with van der Waals surface area (Å²) in [6.07, 6.45) is 1.55. The third kappa shape index (κ3) is 3.00. The van der Waals surface area contributed by atoms with E-state index in [1.807, 2.05) is 0 Å². The van der Waals surface area contributed by atoms with Crippen molar-refractivity contribution in [2.45, 2.75) is 6.92 Å². The molecule has 0 unspecified atom stereocenters. The summed E-state index contributed by atoms with van der Waals surface area (Å²) in [5.41, 5.74) is 0.486. The molecule has 0 aliphatic rings. The molecule has 6 nitrogen and oxygen atoms in total. The number of anilines is 1. The van der Waals surface area contributed by atoms with Crippen LogP contribution >= 0.6 is 0 Å². The van der Waals surface area contributed by atoms with E-state index in [0.717, 1.165) is 12.5 Å². The lowest BCUT2D eigenvalue weighted by atomic mass is 10.1. The Morgan fingerprint density at radius 1 is 1.11 bits per heavy atom. The predicted octanol–water partition coefficient (Wildman–Crippen LogP) is 0.592. The molecule has 0 spiro atoms. The molecule has 8 heteroatoms. The van der Waals surface area contributed by atoms with Gasteiger partial charge in [0, 0.05) is 0 Å². The lowest BCUT2D eigenvalue weighted by Crippen LogP contribution is -2.35. The summed E-state index contributed by atoms with van der Waals surface area (Å²) in [6, 6.07) is 6.11. The minimum absolute atomic E-state index is 0.0172. The highest BCUT2D eigenvalue weighted by Gasteiger charge is 2.29. The largest absolute Gasteiger partial charge is 0.245 e. The molecule has 0 aliphatic carbocycles. The SMILES string of the molecule is Cc1ccc(C#N)c(N(S(C)(=O)=O)S(C)(=O)=O)c1. The second-order valence-corrected chi connectivity index (χ2v) is 7.75. The zero-order valence-electron chi connectivity index (χ0n) is 10.1. The van der Waals surface area contributed by atoms with Gasteiger partial charge in [0.15, 0.2) is 0 Å². The first kappa shape index (κ1) is 14.5. The summed E-state index contributed by atoms with van der Waals surface area (Å²) < 4.78 is 46.7. The van der Waals surface area contributed by atoms with Crippen LogP contribution in [0.5, 0.6) is 0 Å². The number of rotatable bonds is 3. The van der Waals surface area contributed by atoms with Crippen LogP contribution in [0.2, 0.25) is 0 Å². The van der Waals surface area contributed by atoms with Crippen molar-refractivity contribution in [3.63, 3.8) is 0 Å². The number of hydrogen-bond acceptors (Lipinski definition) is 5. The Kier molecular flexibility index (Phi) is 3.69. The number of aryl methyl sites for hydroxylation is 1. The standard InChI is InChI=1S/C10H12N2O4S2/c1-8-4-5-9(7-11)10(6-8)12(17(2,13)14)18(3,15)16/h4-6H,1-3H3. The van der Waals surface area contributed by atoms with Gasteiger partial charge in [-0.1, -0.05) is 6.07 Å². The normalized spacial score (nSPS) is 11.9. The second-order valence-electron chi connectivity index (χ2n) is 3.86. The quantitative estimate of drug-likeness (QED) is 0.811. The summed E-state index contributed by atoms with van der Waals surface area (Å²) in [4.78, 5) is 0. The average molecular weight is 288 g/mol. The van der Waals surface area contributed by atoms with Gasteiger partial charge >= 0.3 is 0 Å². The van der Waals surface area contributed by atoms with Crippen molar-refractivity contribution < 1.29 is 16.8 Å². The van der Waals surface area contributed by atoms with E-state index in [4.69, 9.17) is 5.26 Å². The fraction of sp³-hybridized carbons (Fsp3) is 0.300. The first-order valence-corrected chi connectivity index (χ1v) is 8.48. The molecule has 0 bridgehead atoms. The van der Waals surface area contributed by atoms with E-state index in [1.54, 1.807) is 19.1 Å². The van der Waals surface area contributed by atoms with E-state index in [-0.39, 0.29) is 15.0 Å². The van der Waals surface area contributed by atoms with E-state index >= 15 is 0 Å². The minimum atomic E-state index is -4.03. The third-order valence-corrected chi connectivity index (χ3v) is 5.30. The molecule has 98 valence electrons. The van der Waals surface area contributed by atoms with Crippen molar-refractivity contribution >= 4 is 25.7 Å². The van der Waals surface area contributed by atoms with Crippen molar-refractivity contribution in [2.75, 3.05) is 16.2 Å². The van der Waals surface area contributed by atoms with E-state index in [0.29, 0.717) is 5.56 Å². The van der Waals surface area contributed by atoms with Gasteiger partial charge in [0.2, 0.25) is 20.0 Å². The monoisotopic (exact) mass is 288 g/mol. The smallest absolute Gasteiger partial charge is 0.206 e. The summed E-state index contributed by atoms with van der Waals surface area (Å²) in [7, 11) is -8.06. The Morgan fingerprint density at radius 2 is 1.61 bits per heavy atom. The van der Waals surface area contributed by atoms with Gasteiger partial charge in [0.1, 0.15) is 6.07 Å². The second kappa shape index (κ2) is 4.59. The Balaban J connectivity index is 3.71.